The Hall–Kier alpha value is -10.6. The normalized spacial score (nSPS) is 20.0. The van der Waals surface area contributed by atoms with Gasteiger partial charge < -0.3 is 51.4 Å². The monoisotopic (exact) mass is 1460 g/mol. The number of rotatable bonds is 14. The molecule has 9 heterocycles. The van der Waals surface area contributed by atoms with Gasteiger partial charge in [-0.15, -0.1) is 0 Å². The van der Waals surface area contributed by atoms with Gasteiger partial charge in [-0.2, -0.15) is 15.3 Å². The molecule has 564 valence electrons. The number of hydrogen-bond acceptors (Lipinski definition) is 19. The van der Waals surface area contributed by atoms with Crippen LogP contribution in [0.5, 0.6) is 34.5 Å². The van der Waals surface area contributed by atoms with Crippen LogP contribution in [0.25, 0.3) is 49.9 Å². The number of ether oxygens (including phenoxy) is 3. The number of nitrogens with one attached hydrogen (secondary N) is 1. The largest absolute Gasteiger partial charge is 0.457 e. The number of carbonyl (C=O) groups excluding carboxylic acids is 1. The maximum Gasteiger partial charge on any atom is 0.151 e. The molecule has 3 aliphatic carbocycles. The standard InChI is InChI=1S/2C29H34N6O.C24H22N4O2.C5H12N2/c2*1-33-15-17-34(18-16-33)23-11-7-22(8-12-23)27-19-26(28-29(30)31-20-32-35(27)28)21-9-13-25(14-10-21)36-24-5-3-2-4-6-24;25-24-23-21(16-8-12-20(13-9-16)30-19-4-2-1-3-5-19)14-22(28(23)27-15-26-24)17-6-10-18(29)11-7-17;1-7-4-2-6-3-5-7/h2*2-6,9-10,13-14,19-20,22-23H,7-8,11-12,15-18H2,1H3,(H2,30,31,32);1-5,8-9,12-15,17H,6-7,10-11H2,(H2,25,26,27);6H,2-5H2,1H3. The van der Waals surface area contributed by atoms with Crippen LogP contribution in [0.2, 0.25) is 0 Å². The van der Waals surface area contributed by atoms with Gasteiger partial charge in [0.05, 0.1) is 0 Å². The van der Waals surface area contributed by atoms with Crippen LogP contribution in [-0.2, 0) is 4.79 Å². The van der Waals surface area contributed by atoms with Gasteiger partial charge in [-0.3, -0.25) is 14.6 Å². The van der Waals surface area contributed by atoms with Gasteiger partial charge >= 0.3 is 0 Å². The van der Waals surface area contributed by atoms with Gasteiger partial charge in [0.1, 0.15) is 75.8 Å². The average molecular weight is 1460 g/mol. The first kappa shape index (κ1) is 73.9. The SMILES string of the molecule is CN1CCN(C2CCC(c3cc(-c4ccc(Oc5ccccc5)cc4)c4c(N)ncnn34)CC2)CC1.CN1CCN(C2CCC(c3cc(-c4ccc(Oc5ccccc5)cc4)c4c(N)ncnn34)CC2)CC1.CN1CCNCC1.Nc1ncnn2c(C3CCC(=O)CC3)cc(-c3ccc(Oc4ccccc4)cc3)c12. The van der Waals surface area contributed by atoms with Gasteiger partial charge in [0.25, 0.3) is 0 Å². The van der Waals surface area contributed by atoms with E-state index in [1.54, 1.807) is 12.7 Å². The number of carbonyl (C=O) groups is 1. The van der Waals surface area contributed by atoms with E-state index in [1.165, 1.54) is 135 Å². The van der Waals surface area contributed by atoms with Crippen LogP contribution >= 0.6 is 0 Å². The first-order valence-electron chi connectivity index (χ1n) is 39.0. The van der Waals surface area contributed by atoms with Crippen molar-refractivity contribution >= 4 is 39.8 Å². The second kappa shape index (κ2) is 34.8. The fraction of sp³-hybridized carbons (Fsp3) is 0.368. The molecule has 18 rings (SSSR count). The van der Waals surface area contributed by atoms with Crippen molar-refractivity contribution in [3.63, 3.8) is 0 Å². The van der Waals surface area contributed by atoms with E-state index in [0.717, 1.165) is 116 Å². The molecule has 0 amide bonds. The number of nitrogens with zero attached hydrogens (tertiary/aromatic N) is 14. The number of piperazine rings is 3. The Morgan fingerprint density at radius 3 is 0.927 bits per heavy atom. The van der Waals surface area contributed by atoms with E-state index in [-0.39, 0.29) is 0 Å². The molecule has 3 saturated heterocycles. The Morgan fingerprint density at radius 2 is 0.633 bits per heavy atom. The highest BCUT2D eigenvalue weighted by Crippen LogP contribution is 2.44. The van der Waals surface area contributed by atoms with Crippen LogP contribution < -0.4 is 36.7 Å². The Balaban J connectivity index is 0.000000125. The van der Waals surface area contributed by atoms with E-state index < -0.39 is 0 Å². The minimum absolute atomic E-state index is 0.291. The molecular weight excluding hydrogens is 1360 g/mol. The number of fused-ring (bicyclic) bond motifs is 3. The molecule has 6 fully saturated rings. The van der Waals surface area contributed by atoms with Crippen LogP contribution in [0.4, 0.5) is 17.5 Å². The van der Waals surface area contributed by atoms with Crippen molar-refractivity contribution in [3.8, 4) is 67.9 Å². The van der Waals surface area contributed by atoms with Gasteiger partial charge in [0.15, 0.2) is 17.5 Å². The summed E-state index contributed by atoms with van der Waals surface area (Å²) in [6.07, 6.45) is 17.2. The third kappa shape index (κ3) is 17.8. The highest BCUT2D eigenvalue weighted by molar-refractivity contribution is 5.91. The van der Waals surface area contributed by atoms with Gasteiger partial charge in [-0.1, -0.05) is 91.0 Å². The second-order valence-electron chi connectivity index (χ2n) is 30.0. The van der Waals surface area contributed by atoms with Crippen molar-refractivity contribution in [3.05, 3.63) is 218 Å². The van der Waals surface area contributed by atoms with Crippen LogP contribution in [-0.4, -0.2) is 186 Å². The van der Waals surface area contributed by atoms with Crippen molar-refractivity contribution in [2.24, 2.45) is 0 Å². The number of ketones is 1. The van der Waals surface area contributed by atoms with Gasteiger partial charge in [0, 0.05) is 155 Å². The second-order valence-corrected chi connectivity index (χ2v) is 30.0. The molecular formula is C87H102N18O4. The number of likely N-dealkylation sites (N-methyl/N-ethyl adjacent to an activating group) is 3. The quantitative estimate of drug-likeness (QED) is 0.0791. The molecule has 22 nitrogen and oxygen atoms in total. The zero-order chi connectivity index (χ0) is 74.6. The number of para-hydroxylation sites is 3. The van der Waals surface area contributed by atoms with Crippen molar-refractivity contribution in [2.75, 3.05) is 117 Å². The van der Waals surface area contributed by atoms with E-state index in [9.17, 15) is 4.79 Å². The first-order chi connectivity index (χ1) is 53.4. The van der Waals surface area contributed by atoms with E-state index in [4.69, 9.17) is 31.4 Å². The van der Waals surface area contributed by atoms with Gasteiger partial charge in [-0.05, 0) is 193 Å². The predicted octanol–water partition coefficient (Wildman–Crippen LogP) is 14.6. The topological polar surface area (TPSA) is 242 Å². The lowest BCUT2D eigenvalue weighted by Gasteiger charge is -2.41. The zero-order valence-corrected chi connectivity index (χ0v) is 63.0. The Morgan fingerprint density at radius 1 is 0.349 bits per heavy atom. The average Bonchev–Trinajstić information content (AvgIpc) is 1.64. The molecule has 0 atom stereocenters. The number of Topliss-reactive ketones (excluding diaryl/α,β-unsaturated/α-hetero) is 1. The molecule has 0 radical (unpaired) electrons. The number of benzene rings is 6. The lowest BCUT2D eigenvalue weighted by Crippen LogP contribution is -2.49. The van der Waals surface area contributed by atoms with Crippen molar-refractivity contribution in [1.29, 1.82) is 0 Å². The molecule has 7 N–H and O–H groups in total. The number of hydrogen-bond donors (Lipinski definition) is 4. The van der Waals surface area contributed by atoms with Crippen LogP contribution in [0.15, 0.2) is 201 Å². The zero-order valence-electron chi connectivity index (χ0n) is 63.0. The first-order valence-corrected chi connectivity index (χ1v) is 39.0. The Labute approximate surface area is 638 Å². The van der Waals surface area contributed by atoms with Crippen molar-refractivity contribution < 1.29 is 19.0 Å². The van der Waals surface area contributed by atoms with E-state index >= 15 is 0 Å². The van der Waals surface area contributed by atoms with E-state index in [0.29, 0.717) is 65.9 Å². The molecule has 109 heavy (non-hydrogen) atoms. The number of nitrogen functional groups attached to an aromatic ring is 3. The van der Waals surface area contributed by atoms with Crippen molar-refractivity contribution in [2.45, 2.75) is 107 Å². The molecule has 6 aromatic carbocycles. The minimum atomic E-state index is 0.291. The lowest BCUT2D eigenvalue weighted by molar-refractivity contribution is -0.120. The summed E-state index contributed by atoms with van der Waals surface area (Å²) in [6, 6.07) is 61.8. The Kier molecular flexibility index (Phi) is 23.6. The predicted molar refractivity (Wildman–Crippen MR) is 433 cm³/mol. The third-order valence-electron chi connectivity index (χ3n) is 22.9. The maximum absolute atomic E-state index is 11.7. The number of anilines is 3. The molecule has 12 aromatic rings. The van der Waals surface area contributed by atoms with Crippen LogP contribution in [0, 0.1) is 0 Å². The maximum atomic E-state index is 11.7. The summed E-state index contributed by atoms with van der Waals surface area (Å²) < 4.78 is 23.8. The summed E-state index contributed by atoms with van der Waals surface area (Å²) in [5.74, 6) is 7.89. The lowest BCUT2D eigenvalue weighted by atomic mass is 9.83. The molecule has 6 aromatic heterocycles. The van der Waals surface area contributed by atoms with Gasteiger partial charge in [-0.25, -0.2) is 28.5 Å². The van der Waals surface area contributed by atoms with E-state index in [1.807, 2.05) is 153 Å². The summed E-state index contributed by atoms with van der Waals surface area (Å²) >= 11 is 0. The molecule has 0 spiro atoms. The molecule has 0 unspecified atom stereocenters. The summed E-state index contributed by atoms with van der Waals surface area (Å²) in [5.41, 5.74) is 31.6. The molecule has 22 heteroatoms. The molecule has 6 aliphatic rings. The molecule has 3 saturated carbocycles. The van der Waals surface area contributed by atoms with Crippen LogP contribution in [0.3, 0.4) is 0 Å². The summed E-state index contributed by atoms with van der Waals surface area (Å²) in [4.78, 5) is 37.1. The van der Waals surface area contributed by atoms with Crippen molar-refractivity contribution in [1.82, 2.24) is 73.6 Å². The minimum Gasteiger partial charge on any atom is -0.457 e. The number of nitrogens with two attached hydrogens (primary N) is 3. The highest BCUT2D eigenvalue weighted by atomic mass is 16.5. The highest BCUT2D eigenvalue weighted by Gasteiger charge is 2.34. The fourth-order valence-corrected chi connectivity index (χ4v) is 16.7. The third-order valence-corrected chi connectivity index (χ3v) is 22.9. The Bertz CT molecular complexity index is 4710. The van der Waals surface area contributed by atoms with E-state index in [2.05, 4.69) is 124 Å². The summed E-state index contributed by atoms with van der Waals surface area (Å²) in [7, 11) is 6.60. The molecule has 3 aliphatic heterocycles. The fourth-order valence-electron chi connectivity index (χ4n) is 16.7. The summed E-state index contributed by atoms with van der Waals surface area (Å²) in [5, 5.41) is 17.0. The van der Waals surface area contributed by atoms with Gasteiger partial charge in [0.2, 0.25) is 0 Å². The van der Waals surface area contributed by atoms with Crippen LogP contribution in [0.1, 0.15) is 112 Å². The summed E-state index contributed by atoms with van der Waals surface area (Å²) in [6.45, 7) is 14.2. The molecule has 0 bridgehead atoms. The smallest absolute Gasteiger partial charge is 0.151 e. The number of aromatic nitrogens is 9.